The number of nitrogens with zero attached hydrogens (tertiary/aromatic N) is 1. The summed E-state index contributed by atoms with van der Waals surface area (Å²) in [5, 5.41) is 0. The fourth-order valence-electron chi connectivity index (χ4n) is 1.97. The fourth-order valence-corrected chi connectivity index (χ4v) is 2.23. The lowest BCUT2D eigenvalue weighted by Crippen LogP contribution is -3.00. The van der Waals surface area contributed by atoms with Gasteiger partial charge in [0.25, 0.3) is 0 Å². The van der Waals surface area contributed by atoms with Crippen molar-refractivity contribution in [1.29, 1.82) is 0 Å². The summed E-state index contributed by atoms with van der Waals surface area (Å²) in [6.45, 7) is 3.67. The third-order valence-electron chi connectivity index (χ3n) is 2.77. The number of piperidine rings is 1. The average molecular weight is 290 g/mol. The molecule has 0 saturated carbocycles. The first kappa shape index (κ1) is 13.0. The van der Waals surface area contributed by atoms with E-state index in [-0.39, 0.29) is 12.4 Å². The highest BCUT2D eigenvalue weighted by Crippen LogP contribution is 2.15. The third kappa shape index (κ3) is 4.13. The number of likely N-dealkylation sites (tertiary alicyclic amines) is 1. The molecule has 3 heteroatoms. The van der Waals surface area contributed by atoms with E-state index in [1.165, 1.54) is 42.4 Å². The van der Waals surface area contributed by atoms with Gasteiger partial charge in [-0.05, 0) is 43.6 Å². The van der Waals surface area contributed by atoms with Gasteiger partial charge in [-0.1, -0.05) is 34.5 Å². The molecular weight excluding hydrogens is 273 g/mol. The minimum atomic E-state index is 0. The molecule has 0 bridgehead atoms. The Bertz CT molecular complexity index is 280. The minimum Gasteiger partial charge on any atom is -1.00 e. The van der Waals surface area contributed by atoms with E-state index in [1.807, 2.05) is 0 Å². The van der Waals surface area contributed by atoms with Gasteiger partial charge in [0, 0.05) is 11.0 Å². The van der Waals surface area contributed by atoms with E-state index in [0.717, 1.165) is 6.54 Å². The zero-order chi connectivity index (χ0) is 9.80. The summed E-state index contributed by atoms with van der Waals surface area (Å²) in [6.07, 6.45) is 4.16. The van der Waals surface area contributed by atoms with Crippen LogP contribution in [0.4, 0.5) is 0 Å². The first-order valence-corrected chi connectivity index (χ1v) is 6.11. The van der Waals surface area contributed by atoms with Gasteiger partial charge in [-0.25, -0.2) is 0 Å². The molecule has 1 saturated heterocycles. The van der Waals surface area contributed by atoms with Crippen LogP contribution in [0.15, 0.2) is 28.7 Å². The smallest absolute Gasteiger partial charge is 0.0233 e. The van der Waals surface area contributed by atoms with E-state index < -0.39 is 0 Å². The molecule has 1 aliphatic rings. The van der Waals surface area contributed by atoms with E-state index in [0.29, 0.717) is 0 Å². The number of hydrogen-bond acceptors (Lipinski definition) is 1. The van der Waals surface area contributed by atoms with Crippen LogP contribution in [0.3, 0.4) is 0 Å². The highest BCUT2D eigenvalue weighted by atomic mass is 79.9. The Hall–Kier alpha value is -0.0500. The van der Waals surface area contributed by atoms with Crippen molar-refractivity contribution in [3.63, 3.8) is 0 Å². The Balaban J connectivity index is 0.00000112. The van der Waals surface area contributed by atoms with E-state index in [9.17, 15) is 0 Å². The molecule has 0 radical (unpaired) electrons. The van der Waals surface area contributed by atoms with Crippen LogP contribution in [0, 0.1) is 0 Å². The Morgan fingerprint density at radius 2 is 1.60 bits per heavy atom. The van der Waals surface area contributed by atoms with Gasteiger partial charge in [0.05, 0.1) is 0 Å². The van der Waals surface area contributed by atoms with Gasteiger partial charge >= 0.3 is 0 Å². The zero-order valence-corrected chi connectivity index (χ0v) is 11.1. The predicted molar refractivity (Wildman–Crippen MR) is 63.3 cm³/mol. The highest BCUT2D eigenvalue weighted by molar-refractivity contribution is 9.10. The quantitative estimate of drug-likeness (QED) is 0.764. The third-order valence-corrected chi connectivity index (χ3v) is 3.30. The van der Waals surface area contributed by atoms with E-state index in [1.54, 1.807) is 0 Å². The van der Waals surface area contributed by atoms with Crippen LogP contribution in [-0.2, 0) is 6.54 Å². The average Bonchev–Trinajstić information content (AvgIpc) is 2.23. The Kier molecular flexibility index (Phi) is 5.65. The number of halogens is 2. The lowest BCUT2D eigenvalue weighted by atomic mass is 10.1. The second-order valence-corrected chi connectivity index (χ2v) is 4.88. The van der Waals surface area contributed by atoms with Crippen LogP contribution >= 0.6 is 15.9 Å². The molecule has 1 aromatic carbocycles. The normalized spacial score (nSPS) is 17.1. The molecule has 0 atom stereocenters. The van der Waals surface area contributed by atoms with Crippen molar-refractivity contribution in [2.75, 3.05) is 13.1 Å². The topological polar surface area (TPSA) is 3.24 Å². The largest absolute Gasteiger partial charge is 1.00 e. The van der Waals surface area contributed by atoms with Gasteiger partial charge in [0.1, 0.15) is 0 Å². The molecule has 1 fully saturated rings. The molecule has 1 nitrogen and oxygen atoms in total. The summed E-state index contributed by atoms with van der Waals surface area (Å²) in [7, 11) is 0. The molecule has 0 spiro atoms. The molecule has 1 aliphatic heterocycles. The van der Waals surface area contributed by atoms with Gasteiger partial charge < -0.3 is 12.4 Å². The zero-order valence-electron chi connectivity index (χ0n) is 8.76. The summed E-state index contributed by atoms with van der Waals surface area (Å²) < 4.78 is 1.17. The summed E-state index contributed by atoms with van der Waals surface area (Å²) in [6, 6.07) is 8.66. The molecule has 0 aromatic heterocycles. The monoisotopic (exact) mass is 288 g/mol. The standard InChI is InChI=1S/C12H16BrN.ClH/c13-12-6-4-11(5-7-12)10-14-8-2-1-3-9-14;/h4-7H,1-3,8-10H2;1H/p-1. The number of rotatable bonds is 2. The van der Waals surface area contributed by atoms with Crippen molar-refractivity contribution < 1.29 is 12.4 Å². The molecular formula is C12H16BrClN-. The number of benzene rings is 1. The Morgan fingerprint density at radius 1 is 1.00 bits per heavy atom. The van der Waals surface area contributed by atoms with Crippen molar-refractivity contribution >= 4 is 15.9 Å². The molecule has 2 rings (SSSR count). The van der Waals surface area contributed by atoms with Crippen molar-refractivity contribution in [2.45, 2.75) is 25.8 Å². The van der Waals surface area contributed by atoms with E-state index in [2.05, 4.69) is 45.1 Å². The van der Waals surface area contributed by atoms with Gasteiger partial charge in [-0.15, -0.1) is 0 Å². The summed E-state index contributed by atoms with van der Waals surface area (Å²) in [5.41, 5.74) is 1.43. The molecule has 0 aliphatic carbocycles. The first-order chi connectivity index (χ1) is 6.84. The molecule has 84 valence electrons. The molecule has 1 heterocycles. The van der Waals surface area contributed by atoms with Crippen molar-refractivity contribution in [3.05, 3.63) is 34.3 Å². The number of hydrogen-bond donors (Lipinski definition) is 0. The highest BCUT2D eigenvalue weighted by Gasteiger charge is 2.09. The van der Waals surface area contributed by atoms with Gasteiger partial charge in [0.2, 0.25) is 0 Å². The molecule has 0 N–H and O–H groups in total. The van der Waals surface area contributed by atoms with Crippen molar-refractivity contribution in [3.8, 4) is 0 Å². The Morgan fingerprint density at radius 3 is 2.20 bits per heavy atom. The van der Waals surface area contributed by atoms with Gasteiger partial charge in [-0.3, -0.25) is 4.90 Å². The summed E-state index contributed by atoms with van der Waals surface area (Å²) in [4.78, 5) is 2.55. The van der Waals surface area contributed by atoms with Crippen LogP contribution in [0.1, 0.15) is 24.8 Å². The van der Waals surface area contributed by atoms with Gasteiger partial charge in [0.15, 0.2) is 0 Å². The van der Waals surface area contributed by atoms with Crippen LogP contribution in [-0.4, -0.2) is 18.0 Å². The maximum absolute atomic E-state index is 3.46. The predicted octanol–water partition coefficient (Wildman–Crippen LogP) is 0.439. The first-order valence-electron chi connectivity index (χ1n) is 5.31. The molecule has 1 aromatic rings. The van der Waals surface area contributed by atoms with Crippen molar-refractivity contribution in [2.24, 2.45) is 0 Å². The lowest BCUT2D eigenvalue weighted by Gasteiger charge is -2.26. The van der Waals surface area contributed by atoms with Crippen LogP contribution < -0.4 is 12.4 Å². The molecule has 0 unspecified atom stereocenters. The van der Waals surface area contributed by atoms with Gasteiger partial charge in [-0.2, -0.15) is 0 Å². The minimum absolute atomic E-state index is 0. The molecule has 15 heavy (non-hydrogen) atoms. The SMILES string of the molecule is Brc1ccc(CN2CCCCC2)cc1.[Cl-]. The second-order valence-electron chi connectivity index (χ2n) is 3.96. The van der Waals surface area contributed by atoms with Crippen LogP contribution in [0.5, 0.6) is 0 Å². The van der Waals surface area contributed by atoms with Crippen LogP contribution in [0.25, 0.3) is 0 Å². The van der Waals surface area contributed by atoms with E-state index in [4.69, 9.17) is 0 Å². The maximum Gasteiger partial charge on any atom is 0.0233 e. The maximum atomic E-state index is 3.46. The lowest BCUT2D eigenvalue weighted by molar-refractivity contribution is -0.00000279. The Labute approximate surface area is 106 Å². The summed E-state index contributed by atoms with van der Waals surface area (Å²) in [5.74, 6) is 0. The van der Waals surface area contributed by atoms with Crippen molar-refractivity contribution in [1.82, 2.24) is 4.90 Å². The van der Waals surface area contributed by atoms with Crippen LogP contribution in [0.2, 0.25) is 0 Å². The summed E-state index contributed by atoms with van der Waals surface area (Å²) >= 11 is 3.46. The molecule has 0 amide bonds. The second kappa shape index (κ2) is 6.51. The fraction of sp³-hybridized carbons (Fsp3) is 0.500. The van der Waals surface area contributed by atoms with E-state index >= 15 is 0 Å².